The number of nitrogens with zero attached hydrogens (tertiary/aromatic N) is 4. The van der Waals surface area contributed by atoms with Crippen molar-refractivity contribution in [1.29, 1.82) is 0 Å². The number of ether oxygens (including phenoxy) is 1. The van der Waals surface area contributed by atoms with Crippen molar-refractivity contribution >= 4 is 17.4 Å². The maximum absolute atomic E-state index is 14.0. The molecule has 1 unspecified atom stereocenters. The largest absolute Gasteiger partial charge is 0.476 e. The molecule has 0 amide bonds. The van der Waals surface area contributed by atoms with Crippen molar-refractivity contribution in [1.82, 2.24) is 20.2 Å². The van der Waals surface area contributed by atoms with Gasteiger partial charge in [0.15, 0.2) is 0 Å². The number of nitrogens with two attached hydrogens (primary N) is 1. The molecule has 3 N–H and O–H groups in total. The molecule has 3 atom stereocenters. The zero-order valence-corrected chi connectivity index (χ0v) is 25.3. The van der Waals surface area contributed by atoms with E-state index < -0.39 is 0 Å². The summed E-state index contributed by atoms with van der Waals surface area (Å²) in [5.41, 5.74) is 7.61. The Morgan fingerprint density at radius 2 is 1.98 bits per heavy atom. The van der Waals surface area contributed by atoms with Crippen molar-refractivity contribution in [3.63, 3.8) is 0 Å². The van der Waals surface area contributed by atoms with Gasteiger partial charge in [0, 0.05) is 54.5 Å². The first-order valence-corrected chi connectivity index (χ1v) is 15.6. The molecule has 0 radical (unpaired) electrons. The summed E-state index contributed by atoms with van der Waals surface area (Å²) in [6.07, 6.45) is 8.88. The topological polar surface area (TPSA) is 114 Å². The number of likely N-dealkylation sites (N-methyl/N-ethyl adjacent to an activating group) is 1. The third-order valence-electron chi connectivity index (χ3n) is 8.76. The highest BCUT2D eigenvalue weighted by atomic mass is 16.5. The predicted octanol–water partition coefficient (Wildman–Crippen LogP) is 4.26. The van der Waals surface area contributed by atoms with E-state index in [9.17, 15) is 9.59 Å². The van der Waals surface area contributed by atoms with Crippen molar-refractivity contribution in [3.8, 4) is 5.88 Å². The summed E-state index contributed by atoms with van der Waals surface area (Å²) in [7, 11) is 2.12. The minimum Gasteiger partial charge on any atom is -0.476 e. The van der Waals surface area contributed by atoms with Gasteiger partial charge in [-0.05, 0) is 65.5 Å². The smallest absolute Gasteiger partial charge is 0.228 e. The number of hydrogen-bond donors (Lipinski definition) is 2. The molecule has 1 aromatic rings. The standard InChI is InChI=1S/C29H44N6O3.C2H6/c1-4-8-22(26(30)21-10-5-6-11-23(21)36)27(37)28-31-24(35-16-19(2)33-29(18-35)12-13-29)15-25(32-28)38-17-20-9-7-14-34(20)3;1-2/h15,19-21,33H,4-14,16-18,30H2,1-3H3;1-2H3/b26-22-;/t19?,20-,21-;/m0./s1. The summed E-state index contributed by atoms with van der Waals surface area (Å²) >= 11 is 0. The maximum atomic E-state index is 14.0. The Balaban J connectivity index is 0.00000181. The normalized spacial score (nSPS) is 26.7. The lowest BCUT2D eigenvalue weighted by atomic mass is 9.83. The van der Waals surface area contributed by atoms with Crippen molar-refractivity contribution in [3.05, 3.63) is 23.2 Å². The van der Waals surface area contributed by atoms with E-state index in [1.165, 1.54) is 0 Å². The van der Waals surface area contributed by atoms with Crippen LogP contribution in [0.25, 0.3) is 0 Å². The van der Waals surface area contributed by atoms with Gasteiger partial charge in [-0.1, -0.05) is 33.6 Å². The van der Waals surface area contributed by atoms with Gasteiger partial charge in [0.1, 0.15) is 18.2 Å². The number of rotatable bonds is 9. The molecule has 0 aromatic carbocycles. The third kappa shape index (κ3) is 7.03. The molecular weight excluding hydrogens is 504 g/mol. The molecular formula is C31H50N6O3. The van der Waals surface area contributed by atoms with Crippen LogP contribution >= 0.6 is 0 Å². The lowest BCUT2D eigenvalue weighted by Gasteiger charge is -2.39. The number of aromatic nitrogens is 2. The van der Waals surface area contributed by atoms with Crippen LogP contribution in [0.1, 0.15) is 103 Å². The van der Waals surface area contributed by atoms with Gasteiger partial charge in [-0.15, -0.1) is 0 Å². The Hall–Kier alpha value is -2.52. The number of Topliss-reactive ketones (excluding diaryl/α,β-unsaturated/α-hetero) is 2. The second kappa shape index (κ2) is 13.4. The van der Waals surface area contributed by atoms with Crippen molar-refractivity contribution < 1.29 is 14.3 Å². The summed E-state index contributed by atoms with van der Waals surface area (Å²) in [6.45, 7) is 11.5. The molecule has 9 nitrogen and oxygen atoms in total. The Morgan fingerprint density at radius 1 is 1.20 bits per heavy atom. The van der Waals surface area contributed by atoms with Crippen LogP contribution in [0.2, 0.25) is 0 Å². The Kier molecular flexibility index (Phi) is 10.2. The Bertz CT molecular complexity index is 1080. The van der Waals surface area contributed by atoms with Crippen LogP contribution in [0, 0.1) is 5.92 Å². The van der Waals surface area contributed by atoms with Gasteiger partial charge in [0.05, 0.1) is 5.92 Å². The van der Waals surface area contributed by atoms with E-state index in [-0.39, 0.29) is 28.8 Å². The van der Waals surface area contributed by atoms with E-state index in [2.05, 4.69) is 34.1 Å². The van der Waals surface area contributed by atoms with Crippen LogP contribution in [-0.2, 0) is 4.79 Å². The molecule has 0 bridgehead atoms. The molecule has 3 heterocycles. The number of allylic oxidation sites excluding steroid dienone is 2. The monoisotopic (exact) mass is 554 g/mol. The predicted molar refractivity (Wildman–Crippen MR) is 159 cm³/mol. The SMILES string of the molecule is CC.CCC/C(C(=O)c1nc(OC[C@@H]2CCCN2C)cc(N2CC(C)NC3(CC3)C2)n1)=C(/N)[C@H]1CCCCC1=O. The average Bonchev–Trinajstić information content (AvgIpc) is 3.56. The number of piperazine rings is 1. The molecule has 1 spiro atoms. The highest BCUT2D eigenvalue weighted by Crippen LogP contribution is 2.40. The van der Waals surface area contributed by atoms with E-state index in [0.717, 1.165) is 70.4 Å². The zero-order chi connectivity index (χ0) is 28.9. The molecule has 2 aliphatic heterocycles. The van der Waals surface area contributed by atoms with E-state index in [1.807, 2.05) is 26.8 Å². The minimum absolute atomic E-state index is 0.114. The van der Waals surface area contributed by atoms with Crippen LogP contribution in [-0.4, -0.2) is 77.3 Å². The van der Waals surface area contributed by atoms with Crippen LogP contribution in [0.4, 0.5) is 5.82 Å². The van der Waals surface area contributed by atoms with Crippen molar-refractivity contribution in [2.24, 2.45) is 11.7 Å². The van der Waals surface area contributed by atoms with E-state index in [4.69, 9.17) is 15.5 Å². The fourth-order valence-corrected chi connectivity index (χ4v) is 6.42. The first-order chi connectivity index (χ1) is 19.3. The molecule has 9 heteroatoms. The number of ketones is 2. The number of anilines is 1. The van der Waals surface area contributed by atoms with E-state index >= 15 is 0 Å². The van der Waals surface area contributed by atoms with Gasteiger partial charge in [-0.25, -0.2) is 4.98 Å². The van der Waals surface area contributed by atoms with Gasteiger partial charge < -0.3 is 25.6 Å². The summed E-state index contributed by atoms with van der Waals surface area (Å²) < 4.78 is 6.22. The summed E-state index contributed by atoms with van der Waals surface area (Å²) in [6, 6.07) is 2.54. The average molecular weight is 555 g/mol. The van der Waals surface area contributed by atoms with E-state index in [0.29, 0.717) is 55.1 Å². The van der Waals surface area contributed by atoms with Gasteiger partial charge >= 0.3 is 0 Å². The molecule has 4 fully saturated rings. The molecule has 2 saturated carbocycles. The molecule has 2 aliphatic carbocycles. The second-order valence-corrected chi connectivity index (χ2v) is 12.0. The minimum atomic E-state index is -0.380. The molecule has 5 rings (SSSR count). The van der Waals surface area contributed by atoms with Crippen LogP contribution in [0.15, 0.2) is 17.3 Å². The first kappa shape index (κ1) is 30.4. The molecule has 1 aromatic heterocycles. The quantitative estimate of drug-likeness (QED) is 0.341. The highest BCUT2D eigenvalue weighted by Gasteiger charge is 2.48. The fraction of sp³-hybridized carbons (Fsp3) is 0.742. The van der Waals surface area contributed by atoms with Gasteiger partial charge in [0.25, 0.3) is 0 Å². The molecule has 4 aliphatic rings. The van der Waals surface area contributed by atoms with Gasteiger partial charge in [0.2, 0.25) is 17.5 Å². The number of likely N-dealkylation sites (tertiary alicyclic amines) is 1. The van der Waals surface area contributed by atoms with Crippen LogP contribution < -0.4 is 20.7 Å². The highest BCUT2D eigenvalue weighted by molar-refractivity contribution is 6.07. The number of hydrogen-bond acceptors (Lipinski definition) is 9. The molecule has 222 valence electrons. The molecule has 2 saturated heterocycles. The van der Waals surface area contributed by atoms with Crippen molar-refractivity contribution in [2.45, 2.75) is 110 Å². The fourth-order valence-electron chi connectivity index (χ4n) is 6.42. The van der Waals surface area contributed by atoms with Crippen molar-refractivity contribution in [2.75, 3.05) is 38.2 Å². The maximum Gasteiger partial charge on any atom is 0.228 e. The molecule has 40 heavy (non-hydrogen) atoms. The zero-order valence-electron chi connectivity index (χ0n) is 25.3. The second-order valence-electron chi connectivity index (χ2n) is 12.0. The van der Waals surface area contributed by atoms with Gasteiger partial charge in [-0.2, -0.15) is 4.98 Å². The van der Waals surface area contributed by atoms with E-state index in [1.54, 1.807) is 0 Å². The lowest BCUT2D eigenvalue weighted by molar-refractivity contribution is -0.123. The number of carbonyl (C=O) groups is 2. The lowest BCUT2D eigenvalue weighted by Crippen LogP contribution is -2.57. The Morgan fingerprint density at radius 3 is 2.62 bits per heavy atom. The summed E-state index contributed by atoms with van der Waals surface area (Å²) in [4.78, 5) is 40.6. The third-order valence-corrected chi connectivity index (χ3v) is 8.76. The number of nitrogens with one attached hydrogen (secondary N) is 1. The van der Waals surface area contributed by atoms with Gasteiger partial charge in [-0.3, -0.25) is 9.59 Å². The summed E-state index contributed by atoms with van der Waals surface area (Å²) in [5, 5.41) is 3.73. The summed E-state index contributed by atoms with van der Waals surface area (Å²) in [5.74, 6) is 0.743. The van der Waals surface area contributed by atoms with Crippen LogP contribution in [0.3, 0.4) is 0 Å². The Labute approximate surface area is 240 Å². The number of carbonyl (C=O) groups excluding carboxylic acids is 2. The first-order valence-electron chi connectivity index (χ1n) is 15.6. The van der Waals surface area contributed by atoms with Crippen LogP contribution in [0.5, 0.6) is 5.88 Å².